The first kappa shape index (κ1) is 18.5. The molecule has 2 aromatic carbocycles. The molecule has 2 heterocycles. The number of fused-ring (bicyclic) bond motifs is 1. The third kappa shape index (κ3) is 3.75. The molecule has 144 valence electrons. The fraction of sp³-hybridized carbons (Fsp3) is 0.320. The Bertz CT molecular complexity index is 1010. The summed E-state index contributed by atoms with van der Waals surface area (Å²) in [6.45, 7) is 5.85. The Morgan fingerprint density at radius 2 is 1.86 bits per heavy atom. The highest BCUT2D eigenvalue weighted by Gasteiger charge is 2.18. The molecule has 0 atom stereocenters. The van der Waals surface area contributed by atoms with Gasteiger partial charge in [-0.25, -0.2) is 0 Å². The zero-order valence-electron chi connectivity index (χ0n) is 16.8. The van der Waals surface area contributed by atoms with Crippen molar-refractivity contribution in [2.45, 2.75) is 39.5 Å². The van der Waals surface area contributed by atoms with Crippen molar-refractivity contribution >= 4 is 22.4 Å². The molecule has 3 aromatic rings. The molecule has 0 radical (unpaired) electrons. The van der Waals surface area contributed by atoms with Crippen molar-refractivity contribution in [3.63, 3.8) is 0 Å². The maximum absolute atomic E-state index is 12.6. The maximum Gasteiger partial charge on any atom is 0.222 e. The molecule has 0 aliphatic carbocycles. The lowest BCUT2D eigenvalue weighted by Crippen LogP contribution is -2.34. The van der Waals surface area contributed by atoms with E-state index in [2.05, 4.69) is 67.5 Å². The number of nitrogens with zero attached hydrogens (tertiary/aromatic N) is 1. The molecule has 1 aliphatic rings. The van der Waals surface area contributed by atoms with Gasteiger partial charge < -0.3 is 9.88 Å². The summed E-state index contributed by atoms with van der Waals surface area (Å²) in [6, 6.07) is 14.8. The summed E-state index contributed by atoms with van der Waals surface area (Å²) < 4.78 is 0. The summed E-state index contributed by atoms with van der Waals surface area (Å²) >= 11 is 0. The van der Waals surface area contributed by atoms with Crippen LogP contribution in [0.15, 0.2) is 54.7 Å². The lowest BCUT2D eigenvalue weighted by Gasteiger charge is -2.26. The number of aryl methyl sites for hydroxylation is 3. The lowest BCUT2D eigenvalue weighted by molar-refractivity contribution is -0.130. The van der Waals surface area contributed by atoms with Crippen molar-refractivity contribution in [2.24, 2.45) is 0 Å². The van der Waals surface area contributed by atoms with Crippen molar-refractivity contribution in [3.05, 3.63) is 77.0 Å². The van der Waals surface area contributed by atoms with Crippen LogP contribution in [0.3, 0.4) is 0 Å². The molecule has 1 amide bonds. The van der Waals surface area contributed by atoms with Gasteiger partial charge in [0.2, 0.25) is 5.91 Å². The van der Waals surface area contributed by atoms with E-state index >= 15 is 0 Å². The van der Waals surface area contributed by atoms with E-state index in [1.54, 1.807) is 0 Å². The largest absolute Gasteiger partial charge is 0.361 e. The molecule has 1 N–H and O–H groups in total. The number of nitrogens with one attached hydrogen (secondary N) is 1. The first-order valence-electron chi connectivity index (χ1n) is 10.2. The number of carbonyl (C=O) groups excluding carboxylic acids is 1. The zero-order valence-corrected chi connectivity index (χ0v) is 16.8. The Morgan fingerprint density at radius 3 is 2.61 bits per heavy atom. The van der Waals surface area contributed by atoms with Crippen LogP contribution < -0.4 is 0 Å². The number of hydrogen-bond acceptors (Lipinski definition) is 1. The average Bonchev–Trinajstić information content (AvgIpc) is 3.17. The maximum atomic E-state index is 12.6. The molecule has 28 heavy (non-hydrogen) atoms. The SMILES string of the molecule is Cc1ccc(C)c2c(CCCC(=O)N3CC=C(c4ccccc4)CC3)c[nH]c12. The molecule has 1 aliphatic heterocycles. The van der Waals surface area contributed by atoms with Gasteiger partial charge in [0.1, 0.15) is 0 Å². The van der Waals surface area contributed by atoms with Gasteiger partial charge in [0.05, 0.1) is 0 Å². The van der Waals surface area contributed by atoms with Gasteiger partial charge in [-0.2, -0.15) is 0 Å². The van der Waals surface area contributed by atoms with E-state index in [4.69, 9.17) is 0 Å². The smallest absolute Gasteiger partial charge is 0.222 e. The predicted molar refractivity (Wildman–Crippen MR) is 116 cm³/mol. The summed E-state index contributed by atoms with van der Waals surface area (Å²) in [5.41, 5.74) is 7.77. The summed E-state index contributed by atoms with van der Waals surface area (Å²) in [5, 5.41) is 1.33. The molecule has 0 saturated carbocycles. The molecule has 0 spiro atoms. The van der Waals surface area contributed by atoms with E-state index in [1.165, 1.54) is 38.7 Å². The molecule has 4 rings (SSSR count). The van der Waals surface area contributed by atoms with Crippen molar-refractivity contribution in [3.8, 4) is 0 Å². The fourth-order valence-corrected chi connectivity index (χ4v) is 4.24. The molecule has 0 bridgehead atoms. The monoisotopic (exact) mass is 372 g/mol. The Balaban J connectivity index is 1.33. The van der Waals surface area contributed by atoms with E-state index in [0.29, 0.717) is 6.42 Å². The molecule has 3 nitrogen and oxygen atoms in total. The van der Waals surface area contributed by atoms with Crippen molar-refractivity contribution in [1.82, 2.24) is 9.88 Å². The Morgan fingerprint density at radius 1 is 1.07 bits per heavy atom. The minimum atomic E-state index is 0.274. The minimum absolute atomic E-state index is 0.274. The van der Waals surface area contributed by atoms with Crippen LogP contribution in [0, 0.1) is 13.8 Å². The van der Waals surface area contributed by atoms with Crippen LogP contribution in [0.1, 0.15) is 41.5 Å². The summed E-state index contributed by atoms with van der Waals surface area (Å²) in [4.78, 5) is 18.1. The van der Waals surface area contributed by atoms with Crippen molar-refractivity contribution in [1.29, 1.82) is 0 Å². The number of rotatable bonds is 5. The van der Waals surface area contributed by atoms with Gasteiger partial charge in [-0.15, -0.1) is 0 Å². The highest BCUT2D eigenvalue weighted by molar-refractivity contribution is 5.89. The van der Waals surface area contributed by atoms with Crippen LogP contribution in [0.4, 0.5) is 0 Å². The second-order valence-electron chi connectivity index (χ2n) is 7.80. The zero-order chi connectivity index (χ0) is 19.5. The number of benzene rings is 2. The third-order valence-electron chi connectivity index (χ3n) is 5.88. The van der Waals surface area contributed by atoms with E-state index in [1.807, 2.05) is 11.0 Å². The van der Waals surface area contributed by atoms with Gasteiger partial charge in [0.25, 0.3) is 0 Å². The second kappa shape index (κ2) is 8.05. The first-order chi connectivity index (χ1) is 13.6. The molecule has 3 heteroatoms. The summed E-state index contributed by atoms with van der Waals surface area (Å²) in [6.07, 6.45) is 7.72. The highest BCUT2D eigenvalue weighted by atomic mass is 16.2. The van der Waals surface area contributed by atoms with Gasteiger partial charge in [-0.05, 0) is 60.9 Å². The normalized spacial score (nSPS) is 14.4. The molecule has 0 fully saturated rings. The van der Waals surface area contributed by atoms with E-state index < -0.39 is 0 Å². The molecule has 1 aromatic heterocycles. The summed E-state index contributed by atoms with van der Waals surface area (Å²) in [7, 11) is 0. The van der Waals surface area contributed by atoms with Crippen LogP contribution in [-0.4, -0.2) is 28.9 Å². The van der Waals surface area contributed by atoms with Gasteiger partial charge in [-0.3, -0.25) is 4.79 Å². The number of aromatic nitrogens is 1. The Hall–Kier alpha value is -2.81. The van der Waals surface area contributed by atoms with Gasteiger partial charge in [-0.1, -0.05) is 48.5 Å². The fourth-order valence-electron chi connectivity index (χ4n) is 4.24. The number of aromatic amines is 1. The van der Waals surface area contributed by atoms with E-state index in [-0.39, 0.29) is 5.91 Å². The second-order valence-corrected chi connectivity index (χ2v) is 7.80. The van der Waals surface area contributed by atoms with Crippen LogP contribution in [-0.2, 0) is 11.2 Å². The van der Waals surface area contributed by atoms with Crippen LogP contribution in [0.25, 0.3) is 16.5 Å². The first-order valence-corrected chi connectivity index (χ1v) is 10.2. The quantitative estimate of drug-likeness (QED) is 0.637. The standard InChI is InChI=1S/C25H28N2O/c1-18-11-12-19(2)25-24(18)22(17-26-25)9-6-10-23(28)27-15-13-21(14-16-27)20-7-4-3-5-8-20/h3-5,7-8,11-13,17,26H,6,9-10,14-16H2,1-2H3. The third-order valence-corrected chi connectivity index (χ3v) is 5.88. The van der Waals surface area contributed by atoms with Crippen LogP contribution >= 0.6 is 0 Å². The van der Waals surface area contributed by atoms with Gasteiger partial charge in [0, 0.05) is 36.6 Å². The topological polar surface area (TPSA) is 36.1 Å². The van der Waals surface area contributed by atoms with Crippen molar-refractivity contribution < 1.29 is 4.79 Å². The predicted octanol–water partition coefficient (Wildman–Crippen LogP) is 5.42. The van der Waals surface area contributed by atoms with Crippen molar-refractivity contribution in [2.75, 3.05) is 13.1 Å². The van der Waals surface area contributed by atoms with Crippen LogP contribution in [0.2, 0.25) is 0 Å². The van der Waals surface area contributed by atoms with Crippen LogP contribution in [0.5, 0.6) is 0 Å². The van der Waals surface area contributed by atoms with E-state index in [9.17, 15) is 4.79 Å². The lowest BCUT2D eigenvalue weighted by atomic mass is 9.99. The number of amides is 1. The highest BCUT2D eigenvalue weighted by Crippen LogP contribution is 2.27. The molecule has 0 saturated heterocycles. The molecular formula is C25H28N2O. The Kier molecular flexibility index (Phi) is 5.34. The average molecular weight is 373 g/mol. The molecular weight excluding hydrogens is 344 g/mol. The number of hydrogen-bond donors (Lipinski definition) is 1. The minimum Gasteiger partial charge on any atom is -0.361 e. The van der Waals surface area contributed by atoms with Gasteiger partial charge in [0.15, 0.2) is 0 Å². The van der Waals surface area contributed by atoms with Gasteiger partial charge >= 0.3 is 0 Å². The number of H-pyrrole nitrogens is 1. The molecule has 0 unspecified atom stereocenters. The Labute approximate surface area is 167 Å². The van der Waals surface area contributed by atoms with E-state index in [0.717, 1.165) is 32.4 Å². The number of carbonyl (C=O) groups is 1. The summed E-state index contributed by atoms with van der Waals surface area (Å²) in [5.74, 6) is 0.274.